The normalized spacial score (nSPS) is 26.9. The molecule has 0 bridgehead atoms. The number of hydrogen-bond acceptors (Lipinski definition) is 3. The first-order chi connectivity index (χ1) is 8.58. The first-order valence-corrected chi connectivity index (χ1v) is 8.13. The molecule has 0 saturated carbocycles. The molecule has 0 amide bonds. The van der Waals surface area contributed by atoms with Gasteiger partial charge in [-0.15, -0.1) is 0 Å². The van der Waals surface area contributed by atoms with Gasteiger partial charge in [-0.25, -0.2) is 8.42 Å². The number of sulfone groups is 1. The van der Waals surface area contributed by atoms with Crippen molar-refractivity contribution in [1.29, 1.82) is 0 Å². The smallest absolute Gasteiger partial charge is 0.152 e. The average molecular weight is 268 g/mol. The summed E-state index contributed by atoms with van der Waals surface area (Å²) in [6.07, 6.45) is 1.47. The lowest BCUT2D eigenvalue weighted by Crippen LogP contribution is -2.32. The van der Waals surface area contributed by atoms with Crippen LogP contribution in [0.4, 0.5) is 0 Å². The molecular weight excluding hydrogens is 248 g/mol. The molecule has 100 valence electrons. The van der Waals surface area contributed by atoms with E-state index in [1.165, 1.54) is 0 Å². The van der Waals surface area contributed by atoms with E-state index in [0.29, 0.717) is 24.9 Å². The lowest BCUT2D eigenvalue weighted by Gasteiger charge is -2.26. The van der Waals surface area contributed by atoms with Gasteiger partial charge in [-0.2, -0.15) is 0 Å². The molecule has 4 heteroatoms. The summed E-state index contributed by atoms with van der Waals surface area (Å²) in [6, 6.07) is 10.0. The highest BCUT2D eigenvalue weighted by molar-refractivity contribution is 7.92. The number of hydrogen-bond donors (Lipinski definition) is 0. The quantitative estimate of drug-likeness (QED) is 0.842. The lowest BCUT2D eigenvalue weighted by molar-refractivity contribution is 0.0815. The third-order valence-corrected chi connectivity index (χ3v) is 5.78. The Bertz CT molecular complexity index is 467. The van der Waals surface area contributed by atoms with Crippen LogP contribution in [0.25, 0.3) is 0 Å². The van der Waals surface area contributed by atoms with Crippen molar-refractivity contribution in [2.45, 2.75) is 31.6 Å². The molecular formula is C14H20O3S. The van der Waals surface area contributed by atoms with Crippen LogP contribution in [-0.2, 0) is 21.2 Å². The van der Waals surface area contributed by atoms with Crippen LogP contribution in [-0.4, -0.2) is 26.0 Å². The largest absolute Gasteiger partial charge is 0.376 e. The minimum absolute atomic E-state index is 0.212. The summed E-state index contributed by atoms with van der Waals surface area (Å²) in [4.78, 5) is 0. The van der Waals surface area contributed by atoms with Crippen molar-refractivity contribution in [3.8, 4) is 0 Å². The summed E-state index contributed by atoms with van der Waals surface area (Å²) in [5.74, 6) is 0.695. The fourth-order valence-electron chi connectivity index (χ4n) is 2.34. The average Bonchev–Trinajstić information content (AvgIpc) is 2.35. The highest BCUT2D eigenvalue weighted by Gasteiger charge is 2.30. The van der Waals surface area contributed by atoms with Gasteiger partial charge in [0.05, 0.1) is 17.6 Å². The Labute approximate surface area is 109 Å². The Hall–Kier alpha value is -0.870. The third kappa shape index (κ3) is 3.56. The van der Waals surface area contributed by atoms with E-state index >= 15 is 0 Å². The van der Waals surface area contributed by atoms with Crippen molar-refractivity contribution < 1.29 is 13.2 Å². The van der Waals surface area contributed by atoms with Crippen molar-refractivity contribution in [3.63, 3.8) is 0 Å². The third-order valence-electron chi connectivity index (χ3n) is 3.55. The molecule has 1 aliphatic rings. The van der Waals surface area contributed by atoms with Gasteiger partial charge in [-0.1, -0.05) is 30.3 Å². The van der Waals surface area contributed by atoms with Gasteiger partial charge < -0.3 is 4.74 Å². The van der Waals surface area contributed by atoms with Crippen molar-refractivity contribution in [2.24, 2.45) is 5.92 Å². The van der Waals surface area contributed by atoms with Gasteiger partial charge in [0.15, 0.2) is 9.84 Å². The highest BCUT2D eigenvalue weighted by atomic mass is 32.2. The van der Waals surface area contributed by atoms with Crippen LogP contribution in [0.1, 0.15) is 25.3 Å². The first-order valence-electron chi connectivity index (χ1n) is 6.41. The molecule has 1 aromatic carbocycles. The van der Waals surface area contributed by atoms with Crippen LogP contribution >= 0.6 is 0 Å². The lowest BCUT2D eigenvalue weighted by atomic mass is 10.0. The fraction of sp³-hybridized carbons (Fsp3) is 0.571. The van der Waals surface area contributed by atoms with E-state index < -0.39 is 9.84 Å². The minimum atomic E-state index is -2.83. The van der Waals surface area contributed by atoms with Gasteiger partial charge in [0.2, 0.25) is 0 Å². The monoisotopic (exact) mass is 268 g/mol. The minimum Gasteiger partial charge on any atom is -0.376 e. The van der Waals surface area contributed by atoms with Crippen LogP contribution in [0.5, 0.6) is 0 Å². The molecule has 1 aromatic rings. The molecule has 1 heterocycles. The highest BCUT2D eigenvalue weighted by Crippen LogP contribution is 2.25. The standard InChI is InChI=1S/C14H20O3S/c1-12-9-14(7-8-18(12,15)16)11-17-10-13-5-3-2-4-6-13/h2-6,12,14H,7-11H2,1H3/t12-,14-/m1/s1. The van der Waals surface area contributed by atoms with Crippen LogP contribution in [0.15, 0.2) is 30.3 Å². The van der Waals surface area contributed by atoms with Crippen LogP contribution in [0, 0.1) is 5.92 Å². The summed E-state index contributed by atoms with van der Waals surface area (Å²) in [5.41, 5.74) is 1.16. The van der Waals surface area contributed by atoms with Gasteiger partial charge in [-0.3, -0.25) is 0 Å². The number of rotatable bonds is 4. The number of ether oxygens (including phenoxy) is 1. The van der Waals surface area contributed by atoms with Crippen molar-refractivity contribution in [3.05, 3.63) is 35.9 Å². The topological polar surface area (TPSA) is 43.4 Å². The molecule has 0 radical (unpaired) electrons. The van der Waals surface area contributed by atoms with Gasteiger partial charge in [-0.05, 0) is 31.2 Å². The predicted molar refractivity (Wildman–Crippen MR) is 72.1 cm³/mol. The summed E-state index contributed by atoms with van der Waals surface area (Å²) in [7, 11) is -2.83. The summed E-state index contributed by atoms with van der Waals surface area (Å²) in [5, 5.41) is -0.212. The van der Waals surface area contributed by atoms with Crippen LogP contribution in [0.3, 0.4) is 0 Å². The molecule has 3 nitrogen and oxygen atoms in total. The van der Waals surface area contributed by atoms with Gasteiger partial charge >= 0.3 is 0 Å². The molecule has 0 aliphatic carbocycles. The van der Waals surface area contributed by atoms with Crippen LogP contribution < -0.4 is 0 Å². The van der Waals surface area contributed by atoms with Crippen molar-refractivity contribution in [1.82, 2.24) is 0 Å². The zero-order chi connectivity index (χ0) is 13.0. The van der Waals surface area contributed by atoms with Crippen molar-refractivity contribution >= 4 is 9.84 Å². The van der Waals surface area contributed by atoms with E-state index in [0.717, 1.165) is 18.4 Å². The van der Waals surface area contributed by atoms with Gasteiger partial charge in [0.25, 0.3) is 0 Å². The van der Waals surface area contributed by atoms with Crippen LogP contribution in [0.2, 0.25) is 0 Å². The molecule has 0 N–H and O–H groups in total. The zero-order valence-electron chi connectivity index (χ0n) is 10.7. The molecule has 2 atom stereocenters. The Morgan fingerprint density at radius 1 is 1.28 bits per heavy atom. The second-order valence-corrected chi connectivity index (χ2v) is 7.61. The van der Waals surface area contributed by atoms with E-state index in [1.54, 1.807) is 6.92 Å². The molecule has 0 unspecified atom stereocenters. The summed E-state index contributed by atoms with van der Waals surface area (Å²) < 4.78 is 28.8. The van der Waals surface area contributed by atoms with E-state index in [1.807, 2.05) is 30.3 Å². The molecule has 0 aromatic heterocycles. The Morgan fingerprint density at radius 2 is 2.00 bits per heavy atom. The molecule has 1 saturated heterocycles. The SMILES string of the molecule is C[C@@H]1C[C@H](COCc2ccccc2)CCS1(=O)=O. The molecule has 1 aliphatic heterocycles. The second kappa shape index (κ2) is 5.85. The van der Waals surface area contributed by atoms with Crippen molar-refractivity contribution in [2.75, 3.05) is 12.4 Å². The van der Waals surface area contributed by atoms with E-state index in [4.69, 9.17) is 4.74 Å². The van der Waals surface area contributed by atoms with E-state index in [9.17, 15) is 8.42 Å². The predicted octanol–water partition coefficient (Wildman–Crippen LogP) is 2.42. The maximum Gasteiger partial charge on any atom is 0.152 e. The summed E-state index contributed by atoms with van der Waals surface area (Å²) in [6.45, 7) is 3.08. The summed E-state index contributed by atoms with van der Waals surface area (Å²) >= 11 is 0. The Kier molecular flexibility index (Phi) is 4.40. The Morgan fingerprint density at radius 3 is 2.67 bits per heavy atom. The molecule has 0 spiro atoms. The fourth-order valence-corrected chi connectivity index (χ4v) is 3.96. The first kappa shape index (κ1) is 13.6. The molecule has 2 rings (SSSR count). The van der Waals surface area contributed by atoms with E-state index in [-0.39, 0.29) is 5.25 Å². The van der Waals surface area contributed by atoms with Gasteiger partial charge in [0.1, 0.15) is 0 Å². The molecule has 18 heavy (non-hydrogen) atoms. The molecule has 1 fully saturated rings. The van der Waals surface area contributed by atoms with Gasteiger partial charge in [0, 0.05) is 6.61 Å². The Balaban J connectivity index is 1.75. The zero-order valence-corrected chi connectivity index (χ0v) is 11.5. The maximum atomic E-state index is 11.6. The second-order valence-electron chi connectivity index (χ2n) is 5.07. The number of benzene rings is 1. The maximum absolute atomic E-state index is 11.6. The van der Waals surface area contributed by atoms with E-state index in [2.05, 4.69) is 0 Å².